The molecular weight excluding hydrogens is 430 g/mol. The first-order chi connectivity index (χ1) is 13.1. The summed E-state index contributed by atoms with van der Waals surface area (Å²) in [6.45, 7) is -0.677. The van der Waals surface area contributed by atoms with Crippen molar-refractivity contribution >= 4 is 16.1 Å². The van der Waals surface area contributed by atoms with Crippen molar-refractivity contribution in [2.24, 2.45) is 23.2 Å². The molecule has 1 N–H and O–H groups in total. The van der Waals surface area contributed by atoms with Gasteiger partial charge in [0, 0.05) is 6.42 Å². The molecule has 0 spiro atoms. The lowest BCUT2D eigenvalue weighted by Gasteiger charge is -2.55. The summed E-state index contributed by atoms with van der Waals surface area (Å²) < 4.78 is 114. The molecule has 168 valence electrons. The standard InChI is InChI=1S/C17H22F6O5S/c18-15(19,16(20,21)17(22,23)29(25,26)27)2-1-3-28-13(24)14-7-10-4-11(8-14)6-12(5-10)9-14/h10-12H,1-9H2,(H,25,26,27). The molecule has 0 amide bonds. The summed E-state index contributed by atoms with van der Waals surface area (Å²) in [5.74, 6) is -11.1. The Hall–Kier alpha value is -1.04. The molecule has 0 aromatic carbocycles. The van der Waals surface area contributed by atoms with E-state index in [0.717, 1.165) is 19.3 Å². The van der Waals surface area contributed by atoms with E-state index in [1.165, 1.54) is 0 Å². The van der Waals surface area contributed by atoms with Gasteiger partial charge in [-0.05, 0) is 62.7 Å². The van der Waals surface area contributed by atoms with Crippen LogP contribution in [0.3, 0.4) is 0 Å². The number of carbonyl (C=O) groups is 1. The van der Waals surface area contributed by atoms with Gasteiger partial charge in [0.15, 0.2) is 0 Å². The first-order valence-corrected chi connectivity index (χ1v) is 10.8. The Kier molecular flexibility index (Phi) is 5.46. The number of halogens is 6. The first-order valence-electron chi connectivity index (χ1n) is 9.39. The summed E-state index contributed by atoms with van der Waals surface area (Å²) in [7, 11) is -6.76. The summed E-state index contributed by atoms with van der Waals surface area (Å²) in [5.41, 5.74) is -0.681. The van der Waals surface area contributed by atoms with Crippen molar-refractivity contribution in [3.8, 4) is 0 Å². The second kappa shape index (κ2) is 7.00. The molecule has 4 rings (SSSR count). The third-order valence-corrected chi connectivity index (χ3v) is 7.39. The van der Waals surface area contributed by atoms with Crippen LogP contribution in [-0.4, -0.2) is 42.6 Å². The van der Waals surface area contributed by atoms with Crippen LogP contribution >= 0.6 is 0 Å². The molecule has 0 aliphatic heterocycles. The Bertz CT molecular complexity index is 731. The number of hydrogen-bond donors (Lipinski definition) is 1. The SMILES string of the molecule is O=C(OCCCC(F)(F)C(F)(F)C(F)(F)S(=O)(=O)O)C12CC3CC(CC(C3)C1)C2. The molecule has 0 heterocycles. The van der Waals surface area contributed by atoms with Gasteiger partial charge in [-0.2, -0.15) is 34.8 Å². The summed E-state index contributed by atoms with van der Waals surface area (Å²) >= 11 is 0. The molecule has 29 heavy (non-hydrogen) atoms. The zero-order valence-corrected chi connectivity index (χ0v) is 16.2. The van der Waals surface area contributed by atoms with Crippen LogP contribution in [0.2, 0.25) is 0 Å². The minimum Gasteiger partial charge on any atom is -0.465 e. The monoisotopic (exact) mass is 452 g/mol. The minimum atomic E-state index is -6.76. The summed E-state index contributed by atoms with van der Waals surface area (Å²) in [4.78, 5) is 12.5. The van der Waals surface area contributed by atoms with E-state index in [1.807, 2.05) is 0 Å². The average Bonchev–Trinajstić information content (AvgIpc) is 2.56. The van der Waals surface area contributed by atoms with Crippen molar-refractivity contribution in [1.82, 2.24) is 0 Å². The molecule has 0 aromatic rings. The molecule has 4 fully saturated rings. The van der Waals surface area contributed by atoms with Crippen molar-refractivity contribution in [3.05, 3.63) is 0 Å². The van der Waals surface area contributed by atoms with Crippen LogP contribution in [0.5, 0.6) is 0 Å². The molecule has 4 aliphatic carbocycles. The third-order valence-electron chi connectivity index (χ3n) is 6.49. The van der Waals surface area contributed by atoms with Gasteiger partial charge in [0.25, 0.3) is 0 Å². The topological polar surface area (TPSA) is 80.7 Å². The molecule has 0 saturated heterocycles. The Morgan fingerprint density at radius 2 is 1.41 bits per heavy atom. The molecule has 4 saturated carbocycles. The van der Waals surface area contributed by atoms with E-state index in [4.69, 9.17) is 9.29 Å². The van der Waals surface area contributed by atoms with Gasteiger partial charge in [-0.15, -0.1) is 0 Å². The zero-order valence-electron chi connectivity index (χ0n) is 15.4. The lowest BCUT2D eigenvalue weighted by molar-refractivity contribution is -0.283. The normalized spacial score (nSPS) is 32.4. The van der Waals surface area contributed by atoms with Gasteiger partial charge in [-0.3, -0.25) is 9.35 Å². The van der Waals surface area contributed by atoms with Gasteiger partial charge in [-0.25, -0.2) is 0 Å². The Balaban J connectivity index is 1.55. The molecule has 0 radical (unpaired) electrons. The highest BCUT2D eigenvalue weighted by atomic mass is 32.2. The van der Waals surface area contributed by atoms with E-state index in [0.29, 0.717) is 37.0 Å². The van der Waals surface area contributed by atoms with Gasteiger partial charge in [0.1, 0.15) is 0 Å². The van der Waals surface area contributed by atoms with Crippen LogP contribution in [0.15, 0.2) is 0 Å². The van der Waals surface area contributed by atoms with Crippen LogP contribution < -0.4 is 0 Å². The summed E-state index contributed by atoms with van der Waals surface area (Å²) in [6.07, 6.45) is 2.37. The van der Waals surface area contributed by atoms with Crippen LogP contribution in [0.1, 0.15) is 51.4 Å². The molecule has 0 atom stereocenters. The van der Waals surface area contributed by atoms with Crippen molar-refractivity contribution in [2.45, 2.75) is 68.5 Å². The van der Waals surface area contributed by atoms with Crippen LogP contribution in [0, 0.1) is 23.2 Å². The first kappa shape index (κ1) is 22.6. The molecule has 5 nitrogen and oxygen atoms in total. The van der Waals surface area contributed by atoms with E-state index in [9.17, 15) is 39.6 Å². The predicted molar refractivity (Wildman–Crippen MR) is 87.2 cm³/mol. The Morgan fingerprint density at radius 3 is 1.83 bits per heavy atom. The zero-order chi connectivity index (χ0) is 21.9. The highest BCUT2D eigenvalue weighted by Gasteiger charge is 2.76. The van der Waals surface area contributed by atoms with Crippen molar-refractivity contribution < 1.29 is 48.8 Å². The molecule has 4 aliphatic rings. The van der Waals surface area contributed by atoms with Crippen LogP contribution in [0.25, 0.3) is 0 Å². The maximum atomic E-state index is 13.6. The van der Waals surface area contributed by atoms with E-state index < -0.39 is 58.1 Å². The lowest BCUT2D eigenvalue weighted by Crippen LogP contribution is -2.57. The number of ether oxygens (including phenoxy) is 1. The number of esters is 1. The molecular formula is C17H22F6O5S. The predicted octanol–water partition coefficient (Wildman–Crippen LogP) is 4.28. The number of alkyl halides is 6. The van der Waals surface area contributed by atoms with E-state index in [1.54, 1.807) is 0 Å². The second-order valence-corrected chi connectivity index (χ2v) is 10.2. The van der Waals surface area contributed by atoms with Gasteiger partial charge < -0.3 is 4.74 Å². The number of rotatable bonds is 8. The number of carbonyl (C=O) groups excluding carboxylic acids is 1. The summed E-state index contributed by atoms with van der Waals surface area (Å²) in [5, 5.41) is -6.36. The Labute approximate surface area is 163 Å². The molecule has 0 unspecified atom stereocenters. The average molecular weight is 452 g/mol. The van der Waals surface area contributed by atoms with Gasteiger partial charge in [0.05, 0.1) is 12.0 Å². The van der Waals surface area contributed by atoms with Crippen LogP contribution in [0.4, 0.5) is 26.3 Å². The maximum Gasteiger partial charge on any atom is 0.437 e. The van der Waals surface area contributed by atoms with Gasteiger partial charge in [-0.1, -0.05) is 0 Å². The minimum absolute atomic E-state index is 0.416. The molecule has 0 aromatic heterocycles. The lowest BCUT2D eigenvalue weighted by atomic mass is 9.49. The fourth-order valence-electron chi connectivity index (χ4n) is 5.50. The largest absolute Gasteiger partial charge is 0.465 e. The van der Waals surface area contributed by atoms with Crippen molar-refractivity contribution in [1.29, 1.82) is 0 Å². The maximum absolute atomic E-state index is 13.6. The van der Waals surface area contributed by atoms with Gasteiger partial charge in [0.2, 0.25) is 0 Å². The third kappa shape index (κ3) is 3.75. The molecule has 12 heteroatoms. The quantitative estimate of drug-likeness (QED) is 0.257. The highest BCUT2D eigenvalue weighted by Crippen LogP contribution is 2.60. The smallest absolute Gasteiger partial charge is 0.437 e. The molecule has 4 bridgehead atoms. The number of hydrogen-bond acceptors (Lipinski definition) is 4. The van der Waals surface area contributed by atoms with Crippen LogP contribution in [-0.2, 0) is 19.6 Å². The van der Waals surface area contributed by atoms with Crippen molar-refractivity contribution in [2.75, 3.05) is 6.61 Å². The fourth-order valence-corrected chi connectivity index (χ4v) is 5.98. The summed E-state index contributed by atoms with van der Waals surface area (Å²) in [6, 6.07) is 0. The van der Waals surface area contributed by atoms with Gasteiger partial charge >= 0.3 is 33.2 Å². The van der Waals surface area contributed by atoms with Crippen molar-refractivity contribution in [3.63, 3.8) is 0 Å². The highest BCUT2D eigenvalue weighted by molar-refractivity contribution is 7.87. The Morgan fingerprint density at radius 1 is 0.966 bits per heavy atom. The van der Waals surface area contributed by atoms with E-state index in [2.05, 4.69) is 0 Å². The van der Waals surface area contributed by atoms with E-state index >= 15 is 0 Å². The second-order valence-electron chi connectivity index (χ2n) is 8.71. The fraction of sp³-hybridized carbons (Fsp3) is 0.941. The van der Waals surface area contributed by atoms with E-state index in [-0.39, 0.29) is 0 Å².